The Morgan fingerprint density at radius 1 is 1.50 bits per heavy atom. The SMILES string of the molecule is CC1CCN(c2ccc3scnc3c2N)C1. The van der Waals surface area contributed by atoms with Crippen molar-refractivity contribution < 1.29 is 0 Å². The fraction of sp³-hybridized carbons (Fsp3) is 0.417. The van der Waals surface area contributed by atoms with Gasteiger partial charge < -0.3 is 10.6 Å². The first-order valence-electron chi connectivity index (χ1n) is 5.62. The Kier molecular flexibility index (Phi) is 2.24. The first-order valence-corrected chi connectivity index (χ1v) is 6.50. The molecule has 1 aromatic carbocycles. The predicted molar refractivity (Wildman–Crippen MR) is 70.0 cm³/mol. The van der Waals surface area contributed by atoms with Gasteiger partial charge in [0.2, 0.25) is 0 Å². The van der Waals surface area contributed by atoms with E-state index in [1.54, 1.807) is 11.3 Å². The topological polar surface area (TPSA) is 42.2 Å². The number of anilines is 2. The molecule has 1 saturated heterocycles. The van der Waals surface area contributed by atoms with Gasteiger partial charge >= 0.3 is 0 Å². The van der Waals surface area contributed by atoms with Gasteiger partial charge in [0.15, 0.2) is 0 Å². The van der Waals surface area contributed by atoms with Gasteiger partial charge in [0, 0.05) is 13.1 Å². The molecule has 2 heterocycles. The van der Waals surface area contributed by atoms with Crippen LogP contribution in [0.15, 0.2) is 17.6 Å². The normalized spacial score (nSPS) is 20.8. The highest BCUT2D eigenvalue weighted by atomic mass is 32.1. The Labute approximate surface area is 98.9 Å². The Balaban J connectivity index is 2.06. The van der Waals surface area contributed by atoms with Gasteiger partial charge in [-0.15, -0.1) is 11.3 Å². The zero-order valence-corrected chi connectivity index (χ0v) is 10.1. The van der Waals surface area contributed by atoms with Crippen molar-refractivity contribution in [1.29, 1.82) is 0 Å². The highest BCUT2D eigenvalue weighted by molar-refractivity contribution is 7.16. The molecular weight excluding hydrogens is 218 g/mol. The van der Waals surface area contributed by atoms with Crippen LogP contribution in [0.4, 0.5) is 11.4 Å². The van der Waals surface area contributed by atoms with Gasteiger partial charge in [-0.1, -0.05) is 6.92 Å². The summed E-state index contributed by atoms with van der Waals surface area (Å²) in [6.45, 7) is 4.51. The van der Waals surface area contributed by atoms with Gasteiger partial charge in [-0.2, -0.15) is 0 Å². The van der Waals surface area contributed by atoms with E-state index in [1.165, 1.54) is 11.1 Å². The summed E-state index contributed by atoms with van der Waals surface area (Å²) in [5, 5.41) is 0. The van der Waals surface area contributed by atoms with Crippen LogP contribution in [0.3, 0.4) is 0 Å². The molecule has 0 amide bonds. The van der Waals surface area contributed by atoms with Gasteiger partial charge in [-0.25, -0.2) is 4.98 Å². The minimum atomic E-state index is 0.769. The molecule has 1 aliphatic heterocycles. The minimum Gasteiger partial charge on any atom is -0.395 e. The van der Waals surface area contributed by atoms with E-state index >= 15 is 0 Å². The molecule has 3 rings (SSSR count). The van der Waals surface area contributed by atoms with E-state index in [2.05, 4.69) is 28.9 Å². The number of rotatable bonds is 1. The zero-order valence-electron chi connectivity index (χ0n) is 9.31. The second-order valence-corrected chi connectivity index (χ2v) is 5.42. The summed E-state index contributed by atoms with van der Waals surface area (Å²) in [5.41, 5.74) is 11.0. The van der Waals surface area contributed by atoms with Crippen LogP contribution in [0, 0.1) is 5.92 Å². The number of fused-ring (bicyclic) bond motifs is 1. The molecule has 3 nitrogen and oxygen atoms in total. The number of aromatic nitrogens is 1. The van der Waals surface area contributed by atoms with Crippen molar-refractivity contribution in [3.8, 4) is 0 Å². The van der Waals surface area contributed by atoms with Gasteiger partial charge in [0.1, 0.15) is 5.52 Å². The molecule has 0 bridgehead atoms. The number of hydrogen-bond acceptors (Lipinski definition) is 4. The summed E-state index contributed by atoms with van der Waals surface area (Å²) in [4.78, 5) is 6.71. The van der Waals surface area contributed by atoms with E-state index in [1.807, 2.05) is 5.51 Å². The maximum atomic E-state index is 6.19. The van der Waals surface area contributed by atoms with Crippen molar-refractivity contribution in [2.75, 3.05) is 23.7 Å². The Hall–Kier alpha value is -1.29. The molecule has 84 valence electrons. The zero-order chi connectivity index (χ0) is 11.1. The summed E-state index contributed by atoms with van der Waals surface area (Å²) < 4.78 is 1.17. The van der Waals surface area contributed by atoms with Crippen molar-refractivity contribution in [3.63, 3.8) is 0 Å². The summed E-state index contributed by atoms with van der Waals surface area (Å²) in [6, 6.07) is 4.26. The first kappa shape index (κ1) is 9.90. The molecule has 1 fully saturated rings. The van der Waals surface area contributed by atoms with Gasteiger partial charge in [0.25, 0.3) is 0 Å². The average molecular weight is 233 g/mol. The monoisotopic (exact) mass is 233 g/mol. The van der Waals surface area contributed by atoms with Crippen molar-refractivity contribution in [1.82, 2.24) is 4.98 Å². The molecule has 0 radical (unpaired) electrons. The van der Waals surface area contributed by atoms with E-state index in [-0.39, 0.29) is 0 Å². The lowest BCUT2D eigenvalue weighted by Crippen LogP contribution is -2.20. The third-order valence-electron chi connectivity index (χ3n) is 3.28. The van der Waals surface area contributed by atoms with Gasteiger partial charge in [-0.3, -0.25) is 0 Å². The summed E-state index contributed by atoms with van der Waals surface area (Å²) in [7, 11) is 0. The molecule has 4 heteroatoms. The molecule has 1 aliphatic rings. The number of nitrogen functional groups attached to an aromatic ring is 1. The lowest BCUT2D eigenvalue weighted by atomic mass is 10.2. The summed E-state index contributed by atoms with van der Waals surface area (Å²) in [5.74, 6) is 0.769. The number of thiazole rings is 1. The smallest absolute Gasteiger partial charge is 0.106 e. The quantitative estimate of drug-likeness (QED) is 0.770. The molecule has 16 heavy (non-hydrogen) atoms. The molecule has 2 aromatic rings. The third kappa shape index (κ3) is 1.45. The Morgan fingerprint density at radius 2 is 2.38 bits per heavy atom. The van der Waals surface area contributed by atoms with E-state index in [9.17, 15) is 0 Å². The van der Waals surface area contributed by atoms with Crippen molar-refractivity contribution in [3.05, 3.63) is 17.6 Å². The molecule has 1 atom stereocenters. The number of nitrogens with zero attached hydrogens (tertiary/aromatic N) is 2. The predicted octanol–water partition coefficient (Wildman–Crippen LogP) is 2.72. The summed E-state index contributed by atoms with van der Waals surface area (Å²) >= 11 is 1.64. The highest BCUT2D eigenvalue weighted by Crippen LogP contribution is 2.34. The van der Waals surface area contributed by atoms with E-state index < -0.39 is 0 Å². The molecule has 1 unspecified atom stereocenters. The lowest BCUT2D eigenvalue weighted by molar-refractivity contribution is 0.659. The third-order valence-corrected chi connectivity index (χ3v) is 4.08. The second-order valence-electron chi connectivity index (χ2n) is 4.54. The van der Waals surface area contributed by atoms with Crippen LogP contribution in [0.1, 0.15) is 13.3 Å². The summed E-state index contributed by atoms with van der Waals surface area (Å²) in [6.07, 6.45) is 1.26. The average Bonchev–Trinajstić information content (AvgIpc) is 2.87. The molecule has 0 saturated carbocycles. The van der Waals surface area contributed by atoms with E-state index in [4.69, 9.17) is 5.73 Å². The van der Waals surface area contributed by atoms with Gasteiger partial charge in [0.05, 0.1) is 21.6 Å². The lowest BCUT2D eigenvalue weighted by Gasteiger charge is -2.20. The fourth-order valence-electron chi connectivity index (χ4n) is 2.37. The number of hydrogen-bond donors (Lipinski definition) is 1. The van der Waals surface area contributed by atoms with Crippen molar-refractivity contribution >= 4 is 32.9 Å². The molecule has 0 aliphatic carbocycles. The van der Waals surface area contributed by atoms with E-state index in [0.717, 1.165) is 35.9 Å². The Bertz CT molecular complexity index is 520. The van der Waals surface area contributed by atoms with Crippen LogP contribution in [0.5, 0.6) is 0 Å². The van der Waals surface area contributed by atoms with Crippen molar-refractivity contribution in [2.24, 2.45) is 5.92 Å². The molecule has 2 N–H and O–H groups in total. The van der Waals surface area contributed by atoms with Crippen LogP contribution < -0.4 is 10.6 Å². The first-order chi connectivity index (χ1) is 7.75. The van der Waals surface area contributed by atoms with Crippen LogP contribution in [-0.2, 0) is 0 Å². The molecular formula is C12H15N3S. The van der Waals surface area contributed by atoms with Crippen LogP contribution in [-0.4, -0.2) is 18.1 Å². The van der Waals surface area contributed by atoms with Crippen molar-refractivity contribution in [2.45, 2.75) is 13.3 Å². The molecule has 0 spiro atoms. The van der Waals surface area contributed by atoms with Crippen LogP contribution in [0.2, 0.25) is 0 Å². The van der Waals surface area contributed by atoms with E-state index in [0.29, 0.717) is 0 Å². The van der Waals surface area contributed by atoms with Gasteiger partial charge in [-0.05, 0) is 24.5 Å². The Morgan fingerprint density at radius 3 is 3.12 bits per heavy atom. The molecule has 1 aromatic heterocycles. The number of benzene rings is 1. The minimum absolute atomic E-state index is 0.769. The fourth-order valence-corrected chi connectivity index (χ4v) is 3.06. The standard InChI is InChI=1S/C12H15N3S/c1-8-4-5-15(6-8)9-2-3-10-12(11(9)13)14-7-16-10/h2-3,7-8H,4-6,13H2,1H3. The maximum absolute atomic E-state index is 6.19. The second kappa shape index (κ2) is 3.63. The largest absolute Gasteiger partial charge is 0.395 e. The maximum Gasteiger partial charge on any atom is 0.106 e. The van der Waals surface area contributed by atoms with Crippen LogP contribution >= 0.6 is 11.3 Å². The highest BCUT2D eigenvalue weighted by Gasteiger charge is 2.21. The van der Waals surface area contributed by atoms with Crippen LogP contribution in [0.25, 0.3) is 10.2 Å². The number of nitrogens with two attached hydrogens (primary N) is 1.